The van der Waals surface area contributed by atoms with Crippen LogP contribution in [0.15, 0.2) is 54.6 Å². The van der Waals surface area contributed by atoms with Crippen molar-refractivity contribution in [3.8, 4) is 34.0 Å². The van der Waals surface area contributed by atoms with Gasteiger partial charge in [0.25, 0.3) is 0 Å². The maximum absolute atomic E-state index is 10.8. The van der Waals surface area contributed by atoms with Crippen LogP contribution in [0.3, 0.4) is 0 Å². The van der Waals surface area contributed by atoms with Crippen LogP contribution in [-0.4, -0.2) is 119 Å². The fraction of sp³-hybridized carbons (Fsp3) is 0.485. The minimum absolute atomic E-state index is 0.366. The van der Waals surface area contributed by atoms with Crippen LogP contribution in [0.5, 0.6) is 11.5 Å². The summed E-state index contributed by atoms with van der Waals surface area (Å²) in [7, 11) is 0. The molecule has 13 heteroatoms. The number of hydrogen-bond acceptors (Lipinski definition) is 13. The van der Waals surface area contributed by atoms with Gasteiger partial charge in [-0.3, -0.25) is 0 Å². The number of aryl methyl sites for hydroxylation is 2. The monoisotopic (exact) mass is 643 g/mol. The van der Waals surface area contributed by atoms with Crippen LogP contribution in [0.4, 0.5) is 0 Å². The number of aliphatic hydroxyl groups is 8. The summed E-state index contributed by atoms with van der Waals surface area (Å²) in [5, 5.41) is 81.6. The van der Waals surface area contributed by atoms with Gasteiger partial charge in [-0.25, -0.2) is 4.98 Å². The second-order valence-electron chi connectivity index (χ2n) is 12.3. The van der Waals surface area contributed by atoms with E-state index in [0.717, 1.165) is 11.1 Å². The lowest BCUT2D eigenvalue weighted by Crippen LogP contribution is -2.66. The first-order chi connectivity index (χ1) is 21.7. The van der Waals surface area contributed by atoms with Gasteiger partial charge in [0.15, 0.2) is 11.2 Å². The molecule has 0 radical (unpaired) electrons. The van der Waals surface area contributed by atoms with E-state index in [2.05, 4.69) is 0 Å². The molecule has 46 heavy (non-hydrogen) atoms. The molecular weight excluding hydrogens is 602 g/mol. The SMILES string of the molecule is Cc1cc(-c2cccc(-c3ccc(OC4OC(CO)C(O)C(O)C4(C)O)c(C)c3)n2)ccc1OC1OC(CO)C(O)C(O)C1(C)O. The number of aliphatic hydroxyl groups excluding tert-OH is 6. The van der Waals surface area contributed by atoms with Crippen LogP contribution >= 0.6 is 0 Å². The molecule has 2 aliphatic rings. The first-order valence-corrected chi connectivity index (χ1v) is 14.9. The predicted octanol–water partition coefficient (Wildman–Crippen LogP) is 0.170. The Morgan fingerprint density at radius 2 is 1.07 bits per heavy atom. The summed E-state index contributed by atoms with van der Waals surface area (Å²) in [6.07, 6.45) is -11.1. The highest BCUT2D eigenvalue weighted by Crippen LogP contribution is 2.36. The Morgan fingerprint density at radius 1 is 0.674 bits per heavy atom. The maximum Gasteiger partial charge on any atom is 0.231 e. The van der Waals surface area contributed by atoms with E-state index in [1.54, 1.807) is 38.1 Å². The first kappa shape index (κ1) is 34.1. The van der Waals surface area contributed by atoms with E-state index in [1.807, 2.05) is 30.3 Å². The Balaban J connectivity index is 1.33. The van der Waals surface area contributed by atoms with Crippen LogP contribution < -0.4 is 9.47 Å². The highest BCUT2D eigenvalue weighted by Gasteiger charge is 2.54. The van der Waals surface area contributed by atoms with Gasteiger partial charge in [-0.05, 0) is 87.4 Å². The third-order valence-corrected chi connectivity index (χ3v) is 8.68. The number of benzene rings is 2. The van der Waals surface area contributed by atoms with E-state index in [9.17, 15) is 40.9 Å². The molecule has 0 spiro atoms. The third kappa shape index (κ3) is 6.36. The smallest absolute Gasteiger partial charge is 0.231 e. The number of hydrogen-bond donors (Lipinski definition) is 8. The third-order valence-electron chi connectivity index (χ3n) is 8.68. The summed E-state index contributed by atoms with van der Waals surface area (Å²) in [5.74, 6) is 0.731. The van der Waals surface area contributed by atoms with Crippen LogP contribution in [-0.2, 0) is 9.47 Å². The summed E-state index contributed by atoms with van der Waals surface area (Å²) < 4.78 is 22.9. The molecule has 0 bridgehead atoms. The van der Waals surface area contributed by atoms with E-state index in [1.165, 1.54) is 13.8 Å². The highest BCUT2D eigenvalue weighted by molar-refractivity contribution is 5.68. The summed E-state index contributed by atoms with van der Waals surface area (Å²) in [6.45, 7) is 5.03. The molecule has 2 fully saturated rings. The van der Waals surface area contributed by atoms with Gasteiger partial charge < -0.3 is 59.8 Å². The van der Waals surface area contributed by atoms with E-state index >= 15 is 0 Å². The van der Waals surface area contributed by atoms with E-state index in [0.29, 0.717) is 34.0 Å². The predicted molar refractivity (Wildman–Crippen MR) is 163 cm³/mol. The molecular formula is C33H41NO12. The zero-order chi connectivity index (χ0) is 33.6. The second-order valence-corrected chi connectivity index (χ2v) is 12.3. The van der Waals surface area contributed by atoms with Crippen molar-refractivity contribution in [1.29, 1.82) is 0 Å². The second kappa shape index (κ2) is 13.1. The van der Waals surface area contributed by atoms with Crippen LogP contribution in [0.2, 0.25) is 0 Å². The van der Waals surface area contributed by atoms with Crippen molar-refractivity contribution < 1.29 is 59.8 Å². The molecule has 2 aromatic carbocycles. The Kier molecular flexibility index (Phi) is 9.74. The molecule has 2 aliphatic heterocycles. The van der Waals surface area contributed by atoms with Gasteiger partial charge in [-0.2, -0.15) is 0 Å². The van der Waals surface area contributed by atoms with E-state index in [4.69, 9.17) is 23.9 Å². The van der Waals surface area contributed by atoms with Gasteiger partial charge in [0.05, 0.1) is 24.6 Å². The molecule has 13 nitrogen and oxygen atoms in total. The van der Waals surface area contributed by atoms with Crippen molar-refractivity contribution in [2.24, 2.45) is 0 Å². The first-order valence-electron chi connectivity index (χ1n) is 14.9. The number of rotatable bonds is 8. The number of aromatic nitrogens is 1. The van der Waals surface area contributed by atoms with Crippen molar-refractivity contribution in [1.82, 2.24) is 4.98 Å². The van der Waals surface area contributed by atoms with E-state index in [-0.39, 0.29) is 0 Å². The van der Waals surface area contributed by atoms with Crippen molar-refractivity contribution in [2.75, 3.05) is 13.2 Å². The van der Waals surface area contributed by atoms with Crippen LogP contribution in [0.1, 0.15) is 25.0 Å². The molecule has 3 heterocycles. The van der Waals surface area contributed by atoms with Crippen LogP contribution in [0.25, 0.3) is 22.5 Å². The summed E-state index contributed by atoms with van der Waals surface area (Å²) in [4.78, 5) is 4.82. The molecule has 10 unspecified atom stereocenters. The lowest BCUT2D eigenvalue weighted by Gasteiger charge is -2.45. The van der Waals surface area contributed by atoms with Crippen molar-refractivity contribution in [2.45, 2.75) is 88.1 Å². The molecule has 8 N–H and O–H groups in total. The normalized spacial score (nSPS) is 34.7. The number of nitrogens with zero attached hydrogens (tertiary/aromatic N) is 1. The summed E-state index contributed by atoms with van der Waals surface area (Å²) >= 11 is 0. The van der Waals surface area contributed by atoms with Crippen molar-refractivity contribution >= 4 is 0 Å². The molecule has 0 saturated carbocycles. The fourth-order valence-electron chi connectivity index (χ4n) is 5.60. The largest absolute Gasteiger partial charge is 0.461 e. The van der Waals surface area contributed by atoms with Gasteiger partial charge in [-0.1, -0.05) is 6.07 Å². The Hall–Kier alpha value is -3.21. The standard InChI is InChI=1S/C33H41NO12/c1-16-12-18(8-10-22(16)43-30-32(3,41)28(39)26(37)24(14-35)45-30)20-6-5-7-21(34-20)19-9-11-23(17(2)13-19)44-31-33(4,42)29(40)27(38)25(15-36)46-31/h5-13,24-31,35-42H,14-15H2,1-4H3. The van der Waals surface area contributed by atoms with Gasteiger partial charge in [0, 0.05) is 11.1 Å². The highest BCUT2D eigenvalue weighted by atomic mass is 16.7. The molecule has 5 rings (SSSR count). The molecule has 1 aromatic heterocycles. The zero-order valence-electron chi connectivity index (χ0n) is 25.9. The molecule has 3 aromatic rings. The number of pyridine rings is 1. The van der Waals surface area contributed by atoms with Gasteiger partial charge in [-0.15, -0.1) is 0 Å². The van der Waals surface area contributed by atoms with Crippen LogP contribution in [0, 0.1) is 13.8 Å². The molecule has 10 atom stereocenters. The maximum atomic E-state index is 10.8. The van der Waals surface area contributed by atoms with Gasteiger partial charge in [0.2, 0.25) is 12.6 Å². The minimum atomic E-state index is -1.95. The molecule has 2 saturated heterocycles. The topological polar surface area (TPSA) is 212 Å². The average molecular weight is 644 g/mol. The minimum Gasteiger partial charge on any atom is -0.461 e. The van der Waals surface area contributed by atoms with Gasteiger partial charge in [0.1, 0.15) is 48.1 Å². The fourth-order valence-corrected chi connectivity index (χ4v) is 5.60. The lowest BCUT2D eigenvalue weighted by molar-refractivity contribution is -0.314. The lowest BCUT2D eigenvalue weighted by atomic mass is 9.88. The van der Waals surface area contributed by atoms with Crippen molar-refractivity contribution in [3.05, 3.63) is 65.7 Å². The Morgan fingerprint density at radius 3 is 1.41 bits per heavy atom. The van der Waals surface area contributed by atoms with E-state index < -0.39 is 73.6 Å². The average Bonchev–Trinajstić information content (AvgIpc) is 3.03. The Bertz CT molecular complexity index is 1420. The van der Waals surface area contributed by atoms with Crippen molar-refractivity contribution in [3.63, 3.8) is 0 Å². The molecule has 250 valence electrons. The quantitative estimate of drug-likeness (QED) is 0.165. The van der Waals surface area contributed by atoms with Gasteiger partial charge >= 0.3 is 0 Å². The Labute approximate surface area is 265 Å². The molecule has 0 amide bonds. The molecule has 0 aliphatic carbocycles. The summed E-state index contributed by atoms with van der Waals surface area (Å²) in [6, 6.07) is 16.2. The zero-order valence-corrected chi connectivity index (χ0v) is 25.9. The summed E-state index contributed by atoms with van der Waals surface area (Å²) in [5.41, 5.74) is 0.362. The number of ether oxygens (including phenoxy) is 4.